The minimum absolute atomic E-state index is 0.0273. The van der Waals surface area contributed by atoms with Crippen LogP contribution < -0.4 is 5.32 Å². The maximum atomic E-state index is 13.8. The van der Waals surface area contributed by atoms with Gasteiger partial charge in [0.1, 0.15) is 11.6 Å². The molecule has 0 bridgehead atoms. The molecule has 158 valence electrons. The number of piperidine rings is 1. The zero-order valence-corrected chi connectivity index (χ0v) is 16.8. The van der Waals surface area contributed by atoms with Gasteiger partial charge in [0.2, 0.25) is 15.9 Å². The number of aromatic nitrogens is 1. The van der Waals surface area contributed by atoms with Gasteiger partial charge in [-0.1, -0.05) is 6.07 Å². The van der Waals surface area contributed by atoms with E-state index in [1.54, 1.807) is 6.92 Å². The molecular weight excluding hydrogens is 404 g/mol. The van der Waals surface area contributed by atoms with Gasteiger partial charge in [0.05, 0.1) is 17.5 Å². The number of halogens is 2. The monoisotopic (exact) mass is 427 g/mol. The molecule has 0 radical (unpaired) electrons. The van der Waals surface area contributed by atoms with Crippen molar-refractivity contribution in [2.45, 2.75) is 38.6 Å². The number of nitrogens with one attached hydrogen (secondary N) is 1. The zero-order valence-electron chi connectivity index (χ0n) is 16.0. The van der Waals surface area contributed by atoms with Gasteiger partial charge < -0.3 is 9.73 Å². The molecule has 1 aromatic carbocycles. The average Bonchev–Trinajstić information content (AvgIpc) is 3.15. The Morgan fingerprint density at radius 2 is 1.93 bits per heavy atom. The van der Waals surface area contributed by atoms with Crippen molar-refractivity contribution in [2.24, 2.45) is 0 Å². The highest BCUT2D eigenvalue weighted by molar-refractivity contribution is 7.89. The minimum atomic E-state index is -3.20. The predicted molar refractivity (Wildman–Crippen MR) is 102 cm³/mol. The van der Waals surface area contributed by atoms with Gasteiger partial charge in [-0.05, 0) is 31.9 Å². The molecule has 0 saturated carbocycles. The van der Waals surface area contributed by atoms with Crippen LogP contribution in [0.3, 0.4) is 0 Å². The minimum Gasteiger partial charge on any atom is -0.441 e. The lowest BCUT2D eigenvalue weighted by Crippen LogP contribution is -2.46. The molecule has 1 aromatic heterocycles. The van der Waals surface area contributed by atoms with E-state index < -0.39 is 21.7 Å². The van der Waals surface area contributed by atoms with Crippen LogP contribution in [0.15, 0.2) is 28.8 Å². The van der Waals surface area contributed by atoms with Crippen molar-refractivity contribution in [1.82, 2.24) is 14.6 Å². The Kier molecular flexibility index (Phi) is 6.63. The highest BCUT2D eigenvalue weighted by Gasteiger charge is 2.27. The Balaban J connectivity index is 1.49. The van der Waals surface area contributed by atoms with Crippen molar-refractivity contribution >= 4 is 15.9 Å². The third-order valence-electron chi connectivity index (χ3n) is 4.91. The van der Waals surface area contributed by atoms with Crippen molar-refractivity contribution in [3.05, 3.63) is 41.9 Å². The first-order valence-corrected chi connectivity index (χ1v) is 11.1. The predicted octanol–water partition coefficient (Wildman–Crippen LogP) is 2.48. The Morgan fingerprint density at radius 3 is 2.55 bits per heavy atom. The molecule has 0 atom stereocenters. The van der Waals surface area contributed by atoms with Crippen LogP contribution in [0.4, 0.5) is 8.78 Å². The lowest BCUT2D eigenvalue weighted by Gasteiger charge is -2.31. The molecule has 1 aliphatic rings. The number of carbonyl (C=O) groups is 1. The second kappa shape index (κ2) is 9.00. The van der Waals surface area contributed by atoms with Crippen molar-refractivity contribution in [3.8, 4) is 11.3 Å². The number of sulfonamides is 1. The molecule has 1 fully saturated rings. The van der Waals surface area contributed by atoms with Crippen LogP contribution in [-0.2, 0) is 21.2 Å². The molecule has 3 rings (SSSR count). The van der Waals surface area contributed by atoms with E-state index >= 15 is 0 Å². The first-order chi connectivity index (χ1) is 13.8. The molecule has 1 amide bonds. The number of benzene rings is 1. The number of rotatable bonds is 7. The highest BCUT2D eigenvalue weighted by Crippen LogP contribution is 2.26. The Bertz CT molecular complexity index is 949. The lowest BCUT2D eigenvalue weighted by molar-refractivity contribution is -0.122. The van der Waals surface area contributed by atoms with Crippen LogP contribution in [0, 0.1) is 11.6 Å². The third-order valence-corrected chi connectivity index (χ3v) is 6.79. The van der Waals surface area contributed by atoms with Gasteiger partial charge in [-0.15, -0.1) is 0 Å². The van der Waals surface area contributed by atoms with E-state index in [1.165, 1.54) is 16.6 Å². The topological polar surface area (TPSA) is 92.5 Å². The largest absolute Gasteiger partial charge is 0.441 e. The van der Waals surface area contributed by atoms with E-state index in [4.69, 9.17) is 4.42 Å². The van der Waals surface area contributed by atoms with E-state index in [-0.39, 0.29) is 47.8 Å². The quantitative estimate of drug-likeness (QED) is 0.733. The van der Waals surface area contributed by atoms with E-state index in [0.29, 0.717) is 25.9 Å². The molecule has 2 heterocycles. The standard InChI is InChI=1S/C19H23F2N3O4S/c1-2-29(26,27)24-10-8-13(9-11-24)23-17(25)6-7-18-22-12-16(28-18)19-14(20)4-3-5-15(19)21/h3-5,12-13H,2,6-11H2,1H3,(H,23,25). The van der Waals surface area contributed by atoms with Crippen molar-refractivity contribution < 1.29 is 26.4 Å². The van der Waals surface area contributed by atoms with Crippen LogP contribution in [-0.4, -0.2) is 48.5 Å². The summed E-state index contributed by atoms with van der Waals surface area (Å²) >= 11 is 0. The van der Waals surface area contributed by atoms with E-state index in [9.17, 15) is 22.0 Å². The van der Waals surface area contributed by atoms with Crippen LogP contribution >= 0.6 is 0 Å². The summed E-state index contributed by atoms with van der Waals surface area (Å²) in [4.78, 5) is 16.2. The molecule has 1 N–H and O–H groups in total. The molecule has 1 saturated heterocycles. The molecule has 29 heavy (non-hydrogen) atoms. The molecule has 2 aromatic rings. The summed E-state index contributed by atoms with van der Waals surface area (Å²) in [6.45, 7) is 2.38. The number of hydrogen-bond acceptors (Lipinski definition) is 5. The number of nitrogens with zero attached hydrogens (tertiary/aromatic N) is 2. The number of aryl methyl sites for hydroxylation is 1. The van der Waals surface area contributed by atoms with E-state index in [2.05, 4.69) is 10.3 Å². The molecule has 0 spiro atoms. The van der Waals surface area contributed by atoms with Gasteiger partial charge in [0.15, 0.2) is 11.7 Å². The van der Waals surface area contributed by atoms with Crippen LogP contribution in [0.2, 0.25) is 0 Å². The summed E-state index contributed by atoms with van der Waals surface area (Å²) in [7, 11) is -3.20. The number of oxazole rings is 1. The van der Waals surface area contributed by atoms with Crippen molar-refractivity contribution in [2.75, 3.05) is 18.8 Å². The van der Waals surface area contributed by atoms with Gasteiger partial charge in [0, 0.05) is 32.0 Å². The van der Waals surface area contributed by atoms with Gasteiger partial charge in [-0.3, -0.25) is 4.79 Å². The summed E-state index contributed by atoms with van der Waals surface area (Å²) in [5.41, 5.74) is -0.288. The van der Waals surface area contributed by atoms with Gasteiger partial charge in [-0.2, -0.15) is 0 Å². The van der Waals surface area contributed by atoms with Gasteiger partial charge in [-0.25, -0.2) is 26.5 Å². The van der Waals surface area contributed by atoms with Crippen LogP contribution in [0.25, 0.3) is 11.3 Å². The fraction of sp³-hybridized carbons (Fsp3) is 0.474. The summed E-state index contributed by atoms with van der Waals surface area (Å²) < 4.78 is 58.2. The summed E-state index contributed by atoms with van der Waals surface area (Å²) in [6.07, 6.45) is 2.64. The van der Waals surface area contributed by atoms with E-state index in [0.717, 1.165) is 12.1 Å². The molecule has 0 aliphatic carbocycles. The molecular formula is C19H23F2N3O4S. The van der Waals surface area contributed by atoms with Gasteiger partial charge in [0.25, 0.3) is 0 Å². The smallest absolute Gasteiger partial charge is 0.220 e. The zero-order chi connectivity index (χ0) is 21.0. The SMILES string of the molecule is CCS(=O)(=O)N1CCC(NC(=O)CCc2ncc(-c3c(F)cccc3F)o2)CC1. The molecule has 10 heteroatoms. The fourth-order valence-electron chi connectivity index (χ4n) is 3.26. The summed E-state index contributed by atoms with van der Waals surface area (Å²) in [6, 6.07) is 3.44. The first kappa shape index (κ1) is 21.4. The Hall–Kier alpha value is -2.33. The Labute approximate surface area is 168 Å². The molecule has 0 unspecified atom stereocenters. The normalized spacial score (nSPS) is 16.1. The second-order valence-corrected chi connectivity index (χ2v) is 9.11. The van der Waals surface area contributed by atoms with Crippen molar-refractivity contribution in [1.29, 1.82) is 0 Å². The summed E-state index contributed by atoms with van der Waals surface area (Å²) in [5, 5.41) is 2.89. The van der Waals surface area contributed by atoms with E-state index in [1.807, 2.05) is 0 Å². The Morgan fingerprint density at radius 1 is 1.28 bits per heavy atom. The third kappa shape index (κ3) is 5.18. The lowest BCUT2D eigenvalue weighted by atomic mass is 10.1. The maximum absolute atomic E-state index is 13.8. The number of hydrogen-bond donors (Lipinski definition) is 1. The fourth-order valence-corrected chi connectivity index (χ4v) is 4.39. The van der Waals surface area contributed by atoms with Crippen molar-refractivity contribution in [3.63, 3.8) is 0 Å². The molecule has 7 nitrogen and oxygen atoms in total. The maximum Gasteiger partial charge on any atom is 0.220 e. The molecule has 1 aliphatic heterocycles. The average molecular weight is 427 g/mol. The number of carbonyl (C=O) groups excluding carboxylic acids is 1. The van der Waals surface area contributed by atoms with Crippen LogP contribution in [0.5, 0.6) is 0 Å². The van der Waals surface area contributed by atoms with Crippen LogP contribution in [0.1, 0.15) is 32.1 Å². The summed E-state index contributed by atoms with van der Waals surface area (Å²) in [5.74, 6) is -1.46. The van der Waals surface area contributed by atoms with Gasteiger partial charge >= 0.3 is 0 Å². The first-order valence-electron chi connectivity index (χ1n) is 9.46. The number of amides is 1. The highest BCUT2D eigenvalue weighted by atomic mass is 32.2. The second-order valence-electron chi connectivity index (χ2n) is 6.86.